The van der Waals surface area contributed by atoms with E-state index in [9.17, 15) is 14.9 Å². The lowest BCUT2D eigenvalue weighted by atomic mass is 10.2. The molecule has 3 aromatic rings. The quantitative estimate of drug-likeness (QED) is 0.285. The summed E-state index contributed by atoms with van der Waals surface area (Å²) in [7, 11) is 0. The number of rotatable bonds is 6. The molecule has 1 fully saturated rings. The summed E-state index contributed by atoms with van der Waals surface area (Å²) in [5.41, 5.74) is 1.63. The number of aliphatic imine (C=N–C) groups is 1. The molecule has 32 heavy (non-hydrogen) atoms. The first-order valence-corrected chi connectivity index (χ1v) is 10.7. The number of hydrogen-bond acceptors (Lipinski definition) is 6. The molecule has 1 aliphatic rings. The highest BCUT2D eigenvalue weighted by molar-refractivity contribution is 8.18. The van der Waals surface area contributed by atoms with Gasteiger partial charge >= 0.3 is 0 Å². The van der Waals surface area contributed by atoms with Crippen molar-refractivity contribution in [3.05, 3.63) is 104 Å². The molecule has 0 radical (unpaired) electrons. The third kappa shape index (κ3) is 5.16. The zero-order valence-corrected chi connectivity index (χ0v) is 18.1. The Kier molecular flexibility index (Phi) is 6.53. The van der Waals surface area contributed by atoms with Crippen LogP contribution in [0.25, 0.3) is 6.08 Å². The third-order valence-corrected chi connectivity index (χ3v) is 5.59. The first-order valence-electron chi connectivity index (χ1n) is 9.49. The number of nitro groups is 1. The van der Waals surface area contributed by atoms with Crippen molar-refractivity contribution in [2.24, 2.45) is 4.99 Å². The molecule has 0 spiro atoms. The van der Waals surface area contributed by atoms with E-state index in [4.69, 9.17) is 16.3 Å². The Morgan fingerprint density at radius 2 is 1.84 bits per heavy atom. The molecule has 0 unspecified atom stereocenters. The molecule has 9 heteroatoms. The van der Waals surface area contributed by atoms with E-state index in [1.807, 2.05) is 54.6 Å². The number of nitrogens with zero attached hydrogens (tertiary/aromatic N) is 2. The number of thioether (sulfide) groups is 1. The fourth-order valence-electron chi connectivity index (χ4n) is 2.94. The number of para-hydroxylation sites is 1. The number of benzene rings is 3. The van der Waals surface area contributed by atoms with Crippen LogP contribution in [0.4, 0.5) is 11.4 Å². The van der Waals surface area contributed by atoms with Crippen LogP contribution < -0.4 is 10.1 Å². The normalized spacial score (nSPS) is 15.7. The van der Waals surface area contributed by atoms with E-state index >= 15 is 0 Å². The average Bonchev–Trinajstić information content (AvgIpc) is 3.13. The summed E-state index contributed by atoms with van der Waals surface area (Å²) in [6, 6.07) is 21.3. The number of carbonyl (C=O) groups is 1. The topological polar surface area (TPSA) is 93.8 Å². The second-order valence-corrected chi connectivity index (χ2v) is 8.15. The summed E-state index contributed by atoms with van der Waals surface area (Å²) in [6.45, 7) is 0.396. The zero-order valence-electron chi connectivity index (χ0n) is 16.5. The first-order chi connectivity index (χ1) is 15.5. The van der Waals surface area contributed by atoms with Crippen LogP contribution in [0, 0.1) is 10.1 Å². The lowest BCUT2D eigenvalue weighted by Crippen LogP contribution is -2.19. The van der Waals surface area contributed by atoms with E-state index in [1.165, 1.54) is 18.2 Å². The number of halogens is 1. The summed E-state index contributed by atoms with van der Waals surface area (Å²) in [6.07, 6.45) is 1.71. The van der Waals surface area contributed by atoms with Crippen LogP contribution >= 0.6 is 23.4 Å². The fraction of sp³-hybridized carbons (Fsp3) is 0.0435. The van der Waals surface area contributed by atoms with Crippen LogP contribution in [0.3, 0.4) is 0 Å². The molecular weight excluding hydrogens is 450 g/mol. The van der Waals surface area contributed by atoms with Gasteiger partial charge in [-0.1, -0.05) is 60.1 Å². The molecule has 0 aromatic heterocycles. The SMILES string of the molecule is O=C1NC(=Nc2ccc(Cl)cc2[N+](=O)[O-])S/C1=C/c1ccccc1OCc1ccccc1. The number of amidine groups is 1. The van der Waals surface area contributed by atoms with Crippen LogP contribution in [0.15, 0.2) is 82.7 Å². The molecule has 0 bridgehead atoms. The Morgan fingerprint density at radius 1 is 1.09 bits per heavy atom. The van der Waals surface area contributed by atoms with Crippen molar-refractivity contribution >= 4 is 51.9 Å². The average molecular weight is 466 g/mol. The maximum absolute atomic E-state index is 12.5. The van der Waals surface area contributed by atoms with Gasteiger partial charge < -0.3 is 10.1 Å². The Bertz CT molecular complexity index is 1240. The van der Waals surface area contributed by atoms with E-state index in [2.05, 4.69) is 10.3 Å². The van der Waals surface area contributed by atoms with Gasteiger partial charge in [0, 0.05) is 16.7 Å². The Balaban J connectivity index is 1.56. The minimum absolute atomic E-state index is 0.107. The first kappa shape index (κ1) is 21.6. The molecule has 3 aromatic carbocycles. The maximum atomic E-state index is 12.5. The molecule has 7 nitrogen and oxygen atoms in total. The van der Waals surface area contributed by atoms with Crippen molar-refractivity contribution < 1.29 is 14.5 Å². The number of carbonyl (C=O) groups excluding carboxylic acids is 1. The molecule has 1 N–H and O–H groups in total. The summed E-state index contributed by atoms with van der Waals surface area (Å²) in [4.78, 5) is 27.8. The van der Waals surface area contributed by atoms with Gasteiger partial charge in [-0.05, 0) is 41.6 Å². The van der Waals surface area contributed by atoms with Crippen molar-refractivity contribution in [3.63, 3.8) is 0 Å². The predicted octanol–water partition coefficient (Wildman–Crippen LogP) is 5.72. The summed E-state index contributed by atoms with van der Waals surface area (Å²) in [5, 5.41) is 14.4. The molecule has 1 amide bonds. The highest BCUT2D eigenvalue weighted by atomic mass is 35.5. The summed E-state index contributed by atoms with van der Waals surface area (Å²) < 4.78 is 5.94. The van der Waals surface area contributed by atoms with Gasteiger partial charge in [0.2, 0.25) is 0 Å². The van der Waals surface area contributed by atoms with Crippen LogP contribution in [0.5, 0.6) is 5.75 Å². The molecule has 0 atom stereocenters. The minimum Gasteiger partial charge on any atom is -0.488 e. The third-order valence-electron chi connectivity index (χ3n) is 4.45. The summed E-state index contributed by atoms with van der Waals surface area (Å²) >= 11 is 6.94. The van der Waals surface area contributed by atoms with E-state index in [0.717, 1.165) is 22.9 Å². The summed E-state index contributed by atoms with van der Waals surface area (Å²) in [5.74, 6) is 0.291. The van der Waals surface area contributed by atoms with Gasteiger partial charge in [-0.15, -0.1) is 0 Å². The second-order valence-electron chi connectivity index (χ2n) is 6.68. The predicted molar refractivity (Wildman–Crippen MR) is 126 cm³/mol. The van der Waals surface area contributed by atoms with Gasteiger partial charge in [0.15, 0.2) is 5.17 Å². The number of nitro benzene ring substituents is 1. The minimum atomic E-state index is -0.566. The molecule has 1 aliphatic heterocycles. The van der Waals surface area contributed by atoms with Gasteiger partial charge in [-0.25, -0.2) is 4.99 Å². The highest BCUT2D eigenvalue weighted by Gasteiger charge is 2.25. The van der Waals surface area contributed by atoms with E-state index < -0.39 is 4.92 Å². The van der Waals surface area contributed by atoms with Crippen LogP contribution in [-0.2, 0) is 11.4 Å². The number of nitrogens with one attached hydrogen (secondary N) is 1. The van der Waals surface area contributed by atoms with Crippen molar-refractivity contribution in [2.75, 3.05) is 0 Å². The smallest absolute Gasteiger partial charge is 0.296 e. The Hall–Kier alpha value is -3.62. The molecule has 1 saturated heterocycles. The molecule has 160 valence electrons. The Morgan fingerprint density at radius 3 is 2.62 bits per heavy atom. The molecule has 0 aliphatic carbocycles. The zero-order chi connectivity index (χ0) is 22.5. The molecule has 4 rings (SSSR count). The van der Waals surface area contributed by atoms with Crippen LogP contribution in [0.1, 0.15) is 11.1 Å². The van der Waals surface area contributed by atoms with Gasteiger partial charge in [-0.2, -0.15) is 0 Å². The van der Waals surface area contributed by atoms with Gasteiger partial charge in [-0.3, -0.25) is 14.9 Å². The van der Waals surface area contributed by atoms with Crippen molar-refractivity contribution in [2.45, 2.75) is 6.61 Å². The van der Waals surface area contributed by atoms with E-state index in [0.29, 0.717) is 17.3 Å². The largest absolute Gasteiger partial charge is 0.488 e. The van der Waals surface area contributed by atoms with Crippen LogP contribution in [-0.4, -0.2) is 16.0 Å². The number of hydrogen-bond donors (Lipinski definition) is 1. The fourth-order valence-corrected chi connectivity index (χ4v) is 3.93. The van der Waals surface area contributed by atoms with Gasteiger partial charge in [0.05, 0.1) is 9.83 Å². The molecular formula is C23H16ClN3O4S. The lowest BCUT2D eigenvalue weighted by molar-refractivity contribution is -0.384. The Labute approximate surface area is 192 Å². The van der Waals surface area contributed by atoms with Crippen molar-refractivity contribution in [1.29, 1.82) is 0 Å². The van der Waals surface area contributed by atoms with E-state index in [1.54, 1.807) is 6.08 Å². The van der Waals surface area contributed by atoms with Gasteiger partial charge in [0.25, 0.3) is 11.6 Å². The maximum Gasteiger partial charge on any atom is 0.296 e. The lowest BCUT2D eigenvalue weighted by Gasteiger charge is -2.09. The van der Waals surface area contributed by atoms with Crippen molar-refractivity contribution in [1.82, 2.24) is 5.32 Å². The standard InChI is InChI=1S/C23H16ClN3O4S/c24-17-10-11-18(19(13-17)27(29)30)25-23-26-22(28)21(32-23)12-16-8-4-5-9-20(16)31-14-15-6-2-1-3-7-15/h1-13H,14H2,(H,25,26,28)/b21-12+. The highest BCUT2D eigenvalue weighted by Crippen LogP contribution is 2.34. The van der Waals surface area contributed by atoms with Gasteiger partial charge in [0.1, 0.15) is 18.0 Å². The molecule has 1 heterocycles. The van der Waals surface area contributed by atoms with E-state index in [-0.39, 0.29) is 27.5 Å². The number of ether oxygens (including phenoxy) is 1. The van der Waals surface area contributed by atoms with Crippen molar-refractivity contribution in [3.8, 4) is 5.75 Å². The second kappa shape index (κ2) is 9.67. The number of amides is 1. The monoisotopic (exact) mass is 465 g/mol. The molecule has 0 saturated carbocycles. The van der Waals surface area contributed by atoms with Crippen LogP contribution in [0.2, 0.25) is 5.02 Å².